The van der Waals surface area contributed by atoms with Crippen molar-refractivity contribution in [2.75, 3.05) is 18.1 Å². The highest BCUT2D eigenvalue weighted by Crippen LogP contribution is 2.29. The van der Waals surface area contributed by atoms with Gasteiger partial charge in [0.1, 0.15) is 11.8 Å². The van der Waals surface area contributed by atoms with Crippen molar-refractivity contribution >= 4 is 52.4 Å². The van der Waals surface area contributed by atoms with E-state index in [9.17, 15) is 9.59 Å². The fourth-order valence-corrected chi connectivity index (χ4v) is 3.09. The zero-order valence-corrected chi connectivity index (χ0v) is 17.9. The predicted molar refractivity (Wildman–Crippen MR) is 112 cm³/mol. The Hall–Kier alpha value is -1.95. The Morgan fingerprint density at radius 1 is 1.07 bits per heavy atom. The van der Waals surface area contributed by atoms with Crippen LogP contribution in [0.4, 0.5) is 5.69 Å². The summed E-state index contributed by atoms with van der Waals surface area (Å²) in [6.45, 7) is 5.01. The Bertz CT molecular complexity index is 873. The quantitative estimate of drug-likeness (QED) is 0.542. The van der Waals surface area contributed by atoms with E-state index >= 15 is 0 Å². The number of rotatable bonds is 7. The molecule has 0 saturated carbocycles. The van der Waals surface area contributed by atoms with Gasteiger partial charge in [0, 0.05) is 10.7 Å². The van der Waals surface area contributed by atoms with Crippen molar-refractivity contribution in [2.45, 2.75) is 26.8 Å². The van der Waals surface area contributed by atoms with Gasteiger partial charge in [-0.25, -0.2) is 4.79 Å². The first kappa shape index (κ1) is 22.3. The van der Waals surface area contributed by atoms with Crippen LogP contribution in [0.25, 0.3) is 0 Å². The summed E-state index contributed by atoms with van der Waals surface area (Å²) in [7, 11) is 0. The molecule has 1 atom stereocenters. The maximum atomic E-state index is 12.9. The predicted octanol–water partition coefficient (Wildman–Crippen LogP) is 5.32. The second-order valence-corrected chi connectivity index (χ2v) is 7.24. The van der Waals surface area contributed by atoms with Gasteiger partial charge in [0.15, 0.2) is 6.61 Å². The van der Waals surface area contributed by atoms with E-state index in [2.05, 4.69) is 0 Å². The Balaban J connectivity index is 2.27. The van der Waals surface area contributed by atoms with Gasteiger partial charge in [-0.05, 0) is 62.7 Å². The van der Waals surface area contributed by atoms with E-state index in [0.29, 0.717) is 21.5 Å². The van der Waals surface area contributed by atoms with Gasteiger partial charge in [0.05, 0.1) is 16.7 Å². The van der Waals surface area contributed by atoms with Crippen LogP contribution in [-0.4, -0.2) is 31.1 Å². The Morgan fingerprint density at radius 3 is 2.39 bits per heavy atom. The number of nitrogens with zero attached hydrogens (tertiary/aromatic N) is 1. The number of esters is 1. The molecule has 0 spiro atoms. The number of carbonyl (C=O) groups excluding carboxylic acids is 2. The van der Waals surface area contributed by atoms with Crippen molar-refractivity contribution in [3.63, 3.8) is 0 Å². The zero-order chi connectivity index (χ0) is 20.8. The lowest BCUT2D eigenvalue weighted by Crippen LogP contribution is -2.46. The Kier molecular flexibility index (Phi) is 7.98. The van der Waals surface area contributed by atoms with Crippen LogP contribution in [0.15, 0.2) is 36.4 Å². The second-order valence-electron chi connectivity index (χ2n) is 5.99. The molecular formula is C20H20Cl3NO4. The molecule has 2 aromatic carbocycles. The van der Waals surface area contributed by atoms with E-state index in [1.54, 1.807) is 44.2 Å². The molecule has 5 nitrogen and oxygen atoms in total. The van der Waals surface area contributed by atoms with Gasteiger partial charge in [-0.1, -0.05) is 34.8 Å². The number of anilines is 1. The summed E-state index contributed by atoms with van der Waals surface area (Å²) in [6, 6.07) is 8.90. The first-order valence-electron chi connectivity index (χ1n) is 8.57. The van der Waals surface area contributed by atoms with Gasteiger partial charge in [0.25, 0.3) is 5.91 Å². The highest BCUT2D eigenvalue weighted by Gasteiger charge is 2.29. The van der Waals surface area contributed by atoms with Crippen molar-refractivity contribution in [3.05, 3.63) is 57.0 Å². The molecule has 0 bridgehead atoms. The van der Waals surface area contributed by atoms with Crippen LogP contribution in [0, 0.1) is 6.92 Å². The smallest absolute Gasteiger partial charge is 0.328 e. The monoisotopic (exact) mass is 443 g/mol. The number of hydrogen-bond acceptors (Lipinski definition) is 4. The van der Waals surface area contributed by atoms with Crippen molar-refractivity contribution < 1.29 is 19.1 Å². The number of ether oxygens (including phenoxy) is 2. The van der Waals surface area contributed by atoms with Crippen LogP contribution >= 0.6 is 34.8 Å². The number of benzene rings is 2. The third-order valence-electron chi connectivity index (χ3n) is 3.95. The average molecular weight is 445 g/mol. The summed E-state index contributed by atoms with van der Waals surface area (Å²) >= 11 is 18.0. The van der Waals surface area contributed by atoms with E-state index in [1.165, 1.54) is 11.0 Å². The third-order valence-corrected chi connectivity index (χ3v) is 4.93. The van der Waals surface area contributed by atoms with Crippen LogP contribution in [-0.2, 0) is 14.3 Å². The molecule has 2 rings (SSSR count). The molecule has 1 amide bonds. The fraction of sp³-hybridized carbons (Fsp3) is 0.300. The van der Waals surface area contributed by atoms with Crippen molar-refractivity contribution in [3.8, 4) is 5.75 Å². The molecule has 28 heavy (non-hydrogen) atoms. The van der Waals surface area contributed by atoms with Crippen molar-refractivity contribution in [1.82, 2.24) is 0 Å². The Labute approximate surface area is 179 Å². The van der Waals surface area contributed by atoms with Gasteiger partial charge >= 0.3 is 5.97 Å². The van der Waals surface area contributed by atoms with E-state index in [4.69, 9.17) is 44.3 Å². The summed E-state index contributed by atoms with van der Waals surface area (Å²) < 4.78 is 10.7. The summed E-state index contributed by atoms with van der Waals surface area (Å²) in [6.07, 6.45) is 0. The molecule has 2 aromatic rings. The number of hydrogen-bond donors (Lipinski definition) is 0. The maximum absolute atomic E-state index is 12.9. The minimum Gasteiger partial charge on any atom is -0.483 e. The maximum Gasteiger partial charge on any atom is 0.328 e. The molecule has 0 aliphatic carbocycles. The molecule has 0 aromatic heterocycles. The lowest BCUT2D eigenvalue weighted by Gasteiger charge is -2.28. The largest absolute Gasteiger partial charge is 0.483 e. The molecule has 0 radical (unpaired) electrons. The standard InChI is InChI=1S/C20H20Cl3NO4/c1-4-27-20(26)13(3)24(15-6-7-16(22)17(23)10-15)19(25)11-28-18-8-5-14(21)9-12(18)2/h5-10,13H,4,11H2,1-3H3. The molecule has 0 heterocycles. The molecule has 1 unspecified atom stereocenters. The molecule has 0 aliphatic rings. The van der Waals surface area contributed by atoms with Crippen molar-refractivity contribution in [1.29, 1.82) is 0 Å². The number of carbonyl (C=O) groups is 2. The fourth-order valence-electron chi connectivity index (χ4n) is 2.57. The molecular weight excluding hydrogens is 425 g/mol. The zero-order valence-electron chi connectivity index (χ0n) is 15.7. The topological polar surface area (TPSA) is 55.8 Å². The minimum absolute atomic E-state index is 0.201. The van der Waals surface area contributed by atoms with E-state index in [-0.39, 0.29) is 18.2 Å². The number of amides is 1. The van der Waals surface area contributed by atoms with Crippen molar-refractivity contribution in [2.24, 2.45) is 0 Å². The average Bonchev–Trinajstić information content (AvgIpc) is 2.64. The molecule has 8 heteroatoms. The summed E-state index contributed by atoms with van der Waals surface area (Å²) in [5, 5.41) is 1.18. The minimum atomic E-state index is -0.875. The SMILES string of the molecule is CCOC(=O)C(C)N(C(=O)COc1ccc(Cl)cc1C)c1ccc(Cl)c(Cl)c1. The van der Waals surface area contributed by atoms with Gasteiger partial charge in [-0.3, -0.25) is 9.69 Å². The molecule has 0 N–H and O–H groups in total. The second kappa shape index (κ2) is 10.0. The lowest BCUT2D eigenvalue weighted by atomic mass is 10.2. The molecule has 0 fully saturated rings. The number of halogens is 3. The highest BCUT2D eigenvalue weighted by atomic mass is 35.5. The third kappa shape index (κ3) is 5.53. The summed E-state index contributed by atoms with van der Waals surface area (Å²) in [4.78, 5) is 26.5. The molecule has 0 aliphatic heterocycles. The number of aryl methyl sites for hydroxylation is 1. The first-order valence-corrected chi connectivity index (χ1v) is 9.70. The lowest BCUT2D eigenvalue weighted by molar-refractivity contribution is -0.145. The van der Waals surface area contributed by atoms with E-state index < -0.39 is 17.9 Å². The van der Waals surface area contributed by atoms with Crippen LogP contribution in [0.5, 0.6) is 5.75 Å². The summed E-state index contributed by atoms with van der Waals surface area (Å²) in [5.74, 6) is -0.450. The molecule has 150 valence electrons. The van der Waals surface area contributed by atoms with Crippen LogP contribution in [0.3, 0.4) is 0 Å². The van der Waals surface area contributed by atoms with Gasteiger partial charge in [-0.2, -0.15) is 0 Å². The van der Waals surface area contributed by atoms with Gasteiger partial charge in [0.2, 0.25) is 0 Å². The van der Waals surface area contributed by atoms with E-state index in [0.717, 1.165) is 5.56 Å². The summed E-state index contributed by atoms with van der Waals surface area (Å²) in [5.41, 5.74) is 1.20. The normalized spacial score (nSPS) is 11.6. The van der Waals surface area contributed by atoms with Crippen LogP contribution in [0.2, 0.25) is 15.1 Å². The van der Waals surface area contributed by atoms with Crippen LogP contribution in [0.1, 0.15) is 19.4 Å². The van der Waals surface area contributed by atoms with Crippen LogP contribution < -0.4 is 9.64 Å². The Morgan fingerprint density at radius 2 is 1.79 bits per heavy atom. The first-order chi connectivity index (χ1) is 13.2. The van der Waals surface area contributed by atoms with E-state index in [1.807, 2.05) is 6.92 Å². The highest BCUT2D eigenvalue weighted by molar-refractivity contribution is 6.42. The van der Waals surface area contributed by atoms with Gasteiger partial charge < -0.3 is 9.47 Å². The van der Waals surface area contributed by atoms with Gasteiger partial charge in [-0.15, -0.1) is 0 Å². The molecule has 0 saturated heterocycles.